The highest BCUT2D eigenvalue weighted by atomic mass is 16.5. The maximum atomic E-state index is 12.0. The van der Waals surface area contributed by atoms with Crippen LogP contribution in [0.1, 0.15) is 39.0 Å². The van der Waals surface area contributed by atoms with Gasteiger partial charge < -0.3 is 20.1 Å². The highest BCUT2D eigenvalue weighted by Gasteiger charge is 2.23. The van der Waals surface area contributed by atoms with Crippen LogP contribution >= 0.6 is 0 Å². The maximum Gasteiger partial charge on any atom is 0.326 e. The molecule has 6 nitrogen and oxygen atoms in total. The van der Waals surface area contributed by atoms with Crippen molar-refractivity contribution in [1.82, 2.24) is 10.2 Å². The van der Waals surface area contributed by atoms with E-state index in [2.05, 4.69) is 5.32 Å². The molecule has 0 aromatic carbocycles. The third-order valence-corrected chi connectivity index (χ3v) is 3.58. The Bertz CT molecular complexity index is 316. The highest BCUT2D eigenvalue weighted by Crippen LogP contribution is 2.14. The van der Waals surface area contributed by atoms with Crippen molar-refractivity contribution < 1.29 is 19.4 Å². The number of carbonyl (C=O) groups excluding carboxylic acids is 1. The van der Waals surface area contributed by atoms with Gasteiger partial charge in [-0.1, -0.05) is 19.8 Å². The number of unbranched alkanes of at least 4 members (excludes halogenated alkanes) is 1. The first-order chi connectivity index (χ1) is 9.54. The molecule has 1 saturated heterocycles. The number of amides is 2. The standard InChI is InChI=1S/C14H26N2O4/c1-3-4-7-12(13(17)18)15-14(19)16(2)9-11-6-5-8-20-10-11/h11-12H,3-10H2,1-2H3,(H,15,19)(H,17,18). The SMILES string of the molecule is CCCCC(NC(=O)N(C)CC1CCCOC1)C(=O)O. The summed E-state index contributed by atoms with van der Waals surface area (Å²) in [6.45, 7) is 4.07. The number of carboxylic acids is 1. The number of carbonyl (C=O) groups is 2. The average molecular weight is 286 g/mol. The van der Waals surface area contributed by atoms with Crippen molar-refractivity contribution in [3.63, 3.8) is 0 Å². The van der Waals surface area contributed by atoms with E-state index in [0.29, 0.717) is 25.5 Å². The quantitative estimate of drug-likeness (QED) is 0.746. The Morgan fingerprint density at radius 3 is 2.80 bits per heavy atom. The van der Waals surface area contributed by atoms with E-state index in [-0.39, 0.29) is 6.03 Å². The van der Waals surface area contributed by atoms with Gasteiger partial charge in [0.25, 0.3) is 0 Å². The minimum Gasteiger partial charge on any atom is -0.480 e. The van der Waals surface area contributed by atoms with Gasteiger partial charge in [0.05, 0.1) is 6.61 Å². The molecule has 2 atom stereocenters. The summed E-state index contributed by atoms with van der Waals surface area (Å²) in [5.41, 5.74) is 0. The van der Waals surface area contributed by atoms with E-state index in [9.17, 15) is 9.59 Å². The zero-order chi connectivity index (χ0) is 15.0. The lowest BCUT2D eigenvalue weighted by Gasteiger charge is -2.28. The Hall–Kier alpha value is -1.30. The van der Waals surface area contributed by atoms with Crippen molar-refractivity contribution >= 4 is 12.0 Å². The molecular weight excluding hydrogens is 260 g/mol. The average Bonchev–Trinajstić information content (AvgIpc) is 2.43. The summed E-state index contributed by atoms with van der Waals surface area (Å²) in [5.74, 6) is -0.625. The summed E-state index contributed by atoms with van der Waals surface area (Å²) in [6, 6.07) is -1.12. The maximum absolute atomic E-state index is 12.0. The number of urea groups is 1. The van der Waals surface area contributed by atoms with Gasteiger partial charge in [0.2, 0.25) is 0 Å². The normalized spacial score (nSPS) is 20.2. The summed E-state index contributed by atoms with van der Waals surface area (Å²) in [6.07, 6.45) is 4.24. The molecule has 1 fully saturated rings. The van der Waals surface area contributed by atoms with Gasteiger partial charge in [-0.2, -0.15) is 0 Å². The van der Waals surface area contributed by atoms with Crippen molar-refractivity contribution in [3.8, 4) is 0 Å². The third kappa shape index (κ3) is 5.77. The second kappa shape index (κ2) is 8.79. The Kier molecular flexibility index (Phi) is 7.36. The van der Waals surface area contributed by atoms with E-state index in [0.717, 1.165) is 32.3 Å². The van der Waals surface area contributed by atoms with Crippen LogP contribution < -0.4 is 5.32 Å². The predicted molar refractivity (Wildman–Crippen MR) is 75.7 cm³/mol. The molecular formula is C14H26N2O4. The molecule has 2 unspecified atom stereocenters. The first kappa shape index (κ1) is 16.8. The molecule has 0 aliphatic carbocycles. The van der Waals surface area contributed by atoms with E-state index in [1.54, 1.807) is 11.9 Å². The molecule has 0 aromatic rings. The number of carboxylic acid groups (broad SMARTS) is 1. The van der Waals surface area contributed by atoms with E-state index >= 15 is 0 Å². The van der Waals surface area contributed by atoms with Gasteiger partial charge in [-0.3, -0.25) is 0 Å². The van der Waals surface area contributed by atoms with Gasteiger partial charge in [-0.05, 0) is 19.3 Å². The number of nitrogens with zero attached hydrogens (tertiary/aromatic N) is 1. The molecule has 0 spiro atoms. The molecule has 0 radical (unpaired) electrons. The van der Waals surface area contributed by atoms with Crippen molar-refractivity contribution in [2.75, 3.05) is 26.8 Å². The lowest BCUT2D eigenvalue weighted by atomic mass is 10.0. The number of nitrogens with one attached hydrogen (secondary N) is 1. The van der Waals surface area contributed by atoms with Crippen LogP contribution in [0.5, 0.6) is 0 Å². The molecule has 1 rings (SSSR count). The zero-order valence-electron chi connectivity index (χ0n) is 12.4. The van der Waals surface area contributed by atoms with E-state index in [1.165, 1.54) is 0 Å². The fourth-order valence-corrected chi connectivity index (χ4v) is 2.35. The number of rotatable bonds is 7. The van der Waals surface area contributed by atoms with Gasteiger partial charge in [0.1, 0.15) is 6.04 Å². The van der Waals surface area contributed by atoms with Gasteiger partial charge in [0.15, 0.2) is 0 Å². The number of aliphatic carboxylic acids is 1. The molecule has 0 bridgehead atoms. The third-order valence-electron chi connectivity index (χ3n) is 3.58. The second-order valence-electron chi connectivity index (χ2n) is 5.45. The van der Waals surface area contributed by atoms with E-state index in [1.807, 2.05) is 6.92 Å². The minimum atomic E-state index is -0.971. The summed E-state index contributed by atoms with van der Waals surface area (Å²) < 4.78 is 5.38. The van der Waals surface area contributed by atoms with Crippen LogP contribution in [-0.2, 0) is 9.53 Å². The monoisotopic (exact) mass is 286 g/mol. The van der Waals surface area contributed by atoms with Gasteiger partial charge in [-0.15, -0.1) is 0 Å². The van der Waals surface area contributed by atoms with Crippen molar-refractivity contribution in [2.24, 2.45) is 5.92 Å². The summed E-state index contributed by atoms with van der Waals surface area (Å²) >= 11 is 0. The van der Waals surface area contributed by atoms with Crippen LogP contribution in [0.2, 0.25) is 0 Å². The zero-order valence-corrected chi connectivity index (χ0v) is 12.4. The second-order valence-corrected chi connectivity index (χ2v) is 5.45. The predicted octanol–water partition coefficient (Wildman–Crippen LogP) is 1.70. The number of hydrogen-bond acceptors (Lipinski definition) is 3. The Labute approximate surface area is 120 Å². The number of hydrogen-bond donors (Lipinski definition) is 2. The van der Waals surface area contributed by atoms with Crippen molar-refractivity contribution in [1.29, 1.82) is 0 Å². The fraction of sp³-hybridized carbons (Fsp3) is 0.857. The molecule has 2 N–H and O–H groups in total. The van der Waals surface area contributed by atoms with Gasteiger partial charge >= 0.3 is 12.0 Å². The van der Waals surface area contributed by atoms with Crippen LogP contribution in [0.25, 0.3) is 0 Å². The molecule has 1 aliphatic rings. The number of ether oxygens (including phenoxy) is 1. The van der Waals surface area contributed by atoms with Crippen LogP contribution in [-0.4, -0.2) is 54.9 Å². The lowest BCUT2D eigenvalue weighted by molar-refractivity contribution is -0.139. The van der Waals surface area contributed by atoms with Crippen LogP contribution in [0.15, 0.2) is 0 Å². The van der Waals surface area contributed by atoms with Crippen molar-refractivity contribution in [2.45, 2.75) is 45.1 Å². The van der Waals surface area contributed by atoms with E-state index in [4.69, 9.17) is 9.84 Å². The summed E-state index contributed by atoms with van der Waals surface area (Å²) in [4.78, 5) is 24.7. The van der Waals surface area contributed by atoms with Gasteiger partial charge in [-0.25, -0.2) is 9.59 Å². The van der Waals surface area contributed by atoms with Gasteiger partial charge in [0, 0.05) is 26.1 Å². The molecule has 1 aliphatic heterocycles. The summed E-state index contributed by atoms with van der Waals surface area (Å²) in [5, 5.41) is 11.7. The highest BCUT2D eigenvalue weighted by molar-refractivity contribution is 5.82. The molecule has 20 heavy (non-hydrogen) atoms. The first-order valence-electron chi connectivity index (χ1n) is 7.36. The smallest absolute Gasteiger partial charge is 0.326 e. The van der Waals surface area contributed by atoms with Crippen LogP contribution in [0, 0.1) is 5.92 Å². The molecule has 6 heteroatoms. The largest absolute Gasteiger partial charge is 0.480 e. The Morgan fingerprint density at radius 2 is 2.25 bits per heavy atom. The first-order valence-corrected chi connectivity index (χ1v) is 7.36. The molecule has 0 saturated carbocycles. The fourth-order valence-electron chi connectivity index (χ4n) is 2.35. The van der Waals surface area contributed by atoms with E-state index < -0.39 is 12.0 Å². The minimum absolute atomic E-state index is 0.320. The van der Waals surface area contributed by atoms with Crippen LogP contribution in [0.4, 0.5) is 4.79 Å². The topological polar surface area (TPSA) is 78.9 Å². The molecule has 0 aromatic heterocycles. The lowest BCUT2D eigenvalue weighted by Crippen LogP contribution is -2.48. The van der Waals surface area contributed by atoms with Crippen molar-refractivity contribution in [3.05, 3.63) is 0 Å². The summed E-state index contributed by atoms with van der Waals surface area (Å²) in [7, 11) is 1.70. The molecule has 1 heterocycles. The molecule has 2 amide bonds. The molecule has 116 valence electrons. The van der Waals surface area contributed by atoms with Crippen LogP contribution in [0.3, 0.4) is 0 Å². The Morgan fingerprint density at radius 1 is 1.50 bits per heavy atom. The Balaban J connectivity index is 2.39.